The minimum atomic E-state index is -1.40. The molecule has 1 aromatic carbocycles. The molecule has 1 saturated heterocycles. The van der Waals surface area contributed by atoms with Crippen LogP contribution in [-0.2, 0) is 16.1 Å². The molecule has 1 amide bonds. The summed E-state index contributed by atoms with van der Waals surface area (Å²) in [6.45, 7) is 3.39. The Bertz CT molecular complexity index is 1240. The largest absolute Gasteiger partial charge is 0.487 e. The van der Waals surface area contributed by atoms with Crippen LogP contribution in [0.3, 0.4) is 0 Å². The average molecular weight is 510 g/mol. The number of rotatable bonds is 5. The summed E-state index contributed by atoms with van der Waals surface area (Å²) in [6.07, 6.45) is 6.04. The Balaban J connectivity index is 1.51. The van der Waals surface area contributed by atoms with Gasteiger partial charge in [-0.1, -0.05) is 6.92 Å². The lowest BCUT2D eigenvalue weighted by molar-refractivity contribution is -0.127. The first-order chi connectivity index (χ1) is 18.0. The maximum Gasteiger partial charge on any atom is 0.237 e. The number of hydrogen-bond donors (Lipinski definition) is 2. The predicted molar refractivity (Wildman–Crippen MR) is 137 cm³/mol. The molecule has 3 aromatic rings. The van der Waals surface area contributed by atoms with Gasteiger partial charge >= 0.3 is 0 Å². The predicted octanol–water partition coefficient (Wildman–Crippen LogP) is 2.73. The number of anilines is 1. The van der Waals surface area contributed by atoms with E-state index < -0.39 is 6.17 Å². The van der Waals surface area contributed by atoms with Crippen LogP contribution in [0.25, 0.3) is 22.2 Å². The number of benzene rings is 1. The molecule has 2 aliphatic rings. The Morgan fingerprint density at radius 1 is 1.22 bits per heavy atom. The van der Waals surface area contributed by atoms with Crippen LogP contribution in [-0.4, -0.2) is 82.3 Å². The van der Waals surface area contributed by atoms with Gasteiger partial charge in [0.25, 0.3) is 0 Å². The van der Waals surface area contributed by atoms with Crippen molar-refractivity contribution in [3.8, 4) is 16.9 Å². The molecule has 0 saturated carbocycles. The maximum absolute atomic E-state index is 14.9. The van der Waals surface area contributed by atoms with E-state index in [2.05, 4.69) is 25.6 Å². The normalized spacial score (nSPS) is 22.7. The highest BCUT2D eigenvalue weighted by atomic mass is 19.1. The number of carbonyl (C=O) groups excluding carboxylic acids is 1. The number of amides is 1. The molecule has 1 fully saturated rings. The summed E-state index contributed by atoms with van der Waals surface area (Å²) in [5.41, 5.74) is 2.55. The van der Waals surface area contributed by atoms with Crippen LogP contribution < -0.4 is 15.4 Å². The smallest absolute Gasteiger partial charge is 0.237 e. The van der Waals surface area contributed by atoms with Gasteiger partial charge in [-0.15, -0.1) is 0 Å². The summed E-state index contributed by atoms with van der Waals surface area (Å²) in [6, 6.07) is 3.40. The summed E-state index contributed by atoms with van der Waals surface area (Å²) in [4.78, 5) is 33.0. The Labute approximate surface area is 215 Å². The first-order valence-corrected chi connectivity index (χ1v) is 12.7. The second-order valence-corrected chi connectivity index (χ2v) is 9.52. The zero-order valence-corrected chi connectivity index (χ0v) is 21.1. The van der Waals surface area contributed by atoms with Crippen molar-refractivity contribution in [1.82, 2.24) is 30.2 Å². The lowest BCUT2D eigenvalue weighted by Crippen LogP contribution is -2.53. The van der Waals surface area contributed by atoms with Crippen LogP contribution in [0.2, 0.25) is 0 Å². The van der Waals surface area contributed by atoms with Crippen molar-refractivity contribution in [2.24, 2.45) is 0 Å². The molecule has 5 rings (SSSR count). The highest BCUT2D eigenvalue weighted by Crippen LogP contribution is 2.36. The number of ether oxygens (including phenoxy) is 2. The van der Waals surface area contributed by atoms with Crippen molar-refractivity contribution in [2.45, 2.75) is 51.0 Å². The van der Waals surface area contributed by atoms with Crippen molar-refractivity contribution in [1.29, 1.82) is 0 Å². The molecule has 11 heteroatoms. The molecule has 0 aliphatic carbocycles. The number of halogens is 1. The zero-order valence-electron chi connectivity index (χ0n) is 21.1. The van der Waals surface area contributed by atoms with E-state index in [4.69, 9.17) is 14.5 Å². The van der Waals surface area contributed by atoms with Crippen molar-refractivity contribution in [2.75, 3.05) is 38.7 Å². The second kappa shape index (κ2) is 11.3. The number of nitrogens with zero attached hydrogens (tertiary/aromatic N) is 5. The van der Waals surface area contributed by atoms with Crippen LogP contribution in [0.1, 0.15) is 32.0 Å². The van der Waals surface area contributed by atoms with E-state index >= 15 is 0 Å². The number of hydrogen-bond acceptors (Lipinski definition) is 9. The van der Waals surface area contributed by atoms with Gasteiger partial charge < -0.3 is 20.1 Å². The van der Waals surface area contributed by atoms with E-state index in [-0.39, 0.29) is 31.1 Å². The van der Waals surface area contributed by atoms with Gasteiger partial charge in [0.2, 0.25) is 5.91 Å². The molecule has 0 radical (unpaired) electrons. The quantitative estimate of drug-likeness (QED) is 0.501. The molecule has 196 valence electrons. The molecule has 37 heavy (non-hydrogen) atoms. The van der Waals surface area contributed by atoms with Gasteiger partial charge in [-0.05, 0) is 38.4 Å². The van der Waals surface area contributed by atoms with E-state index in [9.17, 15) is 9.18 Å². The SMILES string of the molecule is CCCOCc1ncc(-c2ccc3ncc4nc3c2OCC(F)CNC(=O)[C@@H]2C[C@H](CCN2C)N4)cn1. The Hall–Kier alpha value is -3.44. The highest BCUT2D eigenvalue weighted by molar-refractivity contribution is 5.90. The van der Waals surface area contributed by atoms with Gasteiger partial charge in [-0.2, -0.15) is 0 Å². The van der Waals surface area contributed by atoms with Gasteiger partial charge in [0.1, 0.15) is 24.5 Å². The molecule has 0 spiro atoms. The van der Waals surface area contributed by atoms with Gasteiger partial charge in [0.05, 0.1) is 24.3 Å². The first-order valence-electron chi connectivity index (χ1n) is 12.7. The van der Waals surface area contributed by atoms with Gasteiger partial charge in [0.15, 0.2) is 17.7 Å². The highest BCUT2D eigenvalue weighted by Gasteiger charge is 2.32. The fourth-order valence-electron chi connectivity index (χ4n) is 4.66. The molecular weight excluding hydrogens is 477 g/mol. The lowest BCUT2D eigenvalue weighted by Gasteiger charge is -2.36. The number of likely N-dealkylation sites (N-methyl/N-ethyl adjacent to an activating group) is 1. The molecule has 10 nitrogen and oxygen atoms in total. The number of alkyl halides is 1. The van der Waals surface area contributed by atoms with E-state index in [0.717, 1.165) is 19.4 Å². The topological polar surface area (TPSA) is 114 Å². The monoisotopic (exact) mass is 509 g/mol. The number of carbonyl (C=O) groups is 1. The molecule has 4 bridgehead atoms. The second-order valence-electron chi connectivity index (χ2n) is 9.52. The lowest BCUT2D eigenvalue weighted by atomic mass is 9.97. The average Bonchev–Trinajstić information content (AvgIpc) is 2.91. The third kappa shape index (κ3) is 5.78. The molecular formula is C26H32FN7O3. The van der Waals surface area contributed by atoms with Gasteiger partial charge in [-0.25, -0.2) is 19.3 Å². The summed E-state index contributed by atoms with van der Waals surface area (Å²) in [7, 11) is 1.91. The molecule has 3 atom stereocenters. The minimum Gasteiger partial charge on any atom is -0.487 e. The number of nitrogens with one attached hydrogen (secondary N) is 2. The Morgan fingerprint density at radius 3 is 2.86 bits per heavy atom. The van der Waals surface area contributed by atoms with E-state index in [1.54, 1.807) is 18.6 Å². The van der Waals surface area contributed by atoms with Crippen LogP contribution in [0.5, 0.6) is 5.75 Å². The fourth-order valence-corrected chi connectivity index (χ4v) is 4.66. The Kier molecular flexibility index (Phi) is 7.71. The van der Waals surface area contributed by atoms with Gasteiger partial charge in [0, 0.05) is 42.7 Å². The zero-order chi connectivity index (χ0) is 25.8. The fraction of sp³-hybridized carbons (Fsp3) is 0.500. The molecule has 2 aliphatic heterocycles. The first kappa shape index (κ1) is 25.2. The summed E-state index contributed by atoms with van der Waals surface area (Å²) < 4.78 is 26.5. The van der Waals surface area contributed by atoms with E-state index in [1.807, 2.05) is 31.0 Å². The third-order valence-electron chi connectivity index (χ3n) is 6.70. The molecule has 2 N–H and O–H groups in total. The van der Waals surface area contributed by atoms with Crippen molar-refractivity contribution in [3.05, 3.63) is 36.5 Å². The third-order valence-corrected chi connectivity index (χ3v) is 6.70. The van der Waals surface area contributed by atoms with Crippen molar-refractivity contribution >= 4 is 22.8 Å². The number of fused-ring (bicyclic) bond motifs is 3. The van der Waals surface area contributed by atoms with Crippen LogP contribution in [0, 0.1) is 0 Å². The summed E-state index contributed by atoms with van der Waals surface area (Å²) in [5, 5.41) is 6.20. The summed E-state index contributed by atoms with van der Waals surface area (Å²) in [5.74, 6) is 1.38. The number of piperidine rings is 1. The maximum atomic E-state index is 14.9. The van der Waals surface area contributed by atoms with Crippen LogP contribution >= 0.6 is 0 Å². The standard InChI is InChI=1S/C26H32FN7O3/c1-3-8-36-15-23-29-10-16(11-30-23)19-4-5-20-24-25(19)37-14-17(27)12-31-26(35)21-9-18(6-7-34(21)2)32-22(33-24)13-28-20/h4-5,10-11,13,17-18,21H,3,6-9,12,14-15H2,1-2H3,(H,31,35)(H,32,33)/t17?,18-,21-/m0/s1. The van der Waals surface area contributed by atoms with E-state index in [1.165, 1.54) is 0 Å². The van der Waals surface area contributed by atoms with Crippen molar-refractivity contribution < 1.29 is 18.7 Å². The summed E-state index contributed by atoms with van der Waals surface area (Å²) >= 11 is 0. The Morgan fingerprint density at radius 2 is 2.05 bits per heavy atom. The van der Waals surface area contributed by atoms with Gasteiger partial charge in [-0.3, -0.25) is 14.7 Å². The molecule has 4 heterocycles. The molecule has 1 unspecified atom stereocenters. The van der Waals surface area contributed by atoms with Crippen LogP contribution in [0.15, 0.2) is 30.7 Å². The van der Waals surface area contributed by atoms with Crippen LogP contribution in [0.4, 0.5) is 10.2 Å². The molecule has 2 aromatic heterocycles. The minimum absolute atomic E-state index is 0.0336. The van der Waals surface area contributed by atoms with E-state index in [0.29, 0.717) is 59.2 Å². The number of likely N-dealkylation sites (tertiary alicyclic amines) is 1. The number of aromatic nitrogens is 4. The van der Waals surface area contributed by atoms with Crippen molar-refractivity contribution in [3.63, 3.8) is 0 Å².